The summed E-state index contributed by atoms with van der Waals surface area (Å²) in [5.41, 5.74) is 6.54. The summed E-state index contributed by atoms with van der Waals surface area (Å²) in [6.07, 6.45) is 0.452. The summed E-state index contributed by atoms with van der Waals surface area (Å²) in [4.78, 5) is 40.5. The summed E-state index contributed by atoms with van der Waals surface area (Å²) >= 11 is 0. The van der Waals surface area contributed by atoms with Gasteiger partial charge >= 0.3 is 5.97 Å². The molecule has 0 aliphatic carbocycles. The summed E-state index contributed by atoms with van der Waals surface area (Å²) in [6, 6.07) is 30.3. The molecule has 2 N–H and O–H groups in total. The lowest BCUT2D eigenvalue weighted by Crippen LogP contribution is -2.35. The molecular formula is C35H36N2O4. The van der Waals surface area contributed by atoms with Crippen molar-refractivity contribution in [3.63, 3.8) is 0 Å². The van der Waals surface area contributed by atoms with Crippen molar-refractivity contribution in [2.45, 2.75) is 39.7 Å². The van der Waals surface area contributed by atoms with Crippen LogP contribution in [0, 0.1) is 13.8 Å². The van der Waals surface area contributed by atoms with E-state index in [1.165, 1.54) is 0 Å². The Morgan fingerprint density at radius 1 is 0.756 bits per heavy atom. The Bertz CT molecular complexity index is 1530. The predicted molar refractivity (Wildman–Crippen MR) is 162 cm³/mol. The molecule has 4 aromatic rings. The first-order chi connectivity index (χ1) is 19.7. The van der Waals surface area contributed by atoms with Crippen molar-refractivity contribution in [1.82, 2.24) is 10.2 Å². The Labute approximate surface area is 241 Å². The van der Waals surface area contributed by atoms with Crippen molar-refractivity contribution in [3.8, 4) is 11.1 Å². The van der Waals surface area contributed by atoms with Crippen LogP contribution in [-0.4, -0.2) is 40.9 Å². The van der Waals surface area contributed by atoms with Gasteiger partial charge in [-0.05, 0) is 67.1 Å². The highest BCUT2D eigenvalue weighted by Crippen LogP contribution is 2.29. The number of aliphatic carboxylic acids is 1. The minimum Gasteiger partial charge on any atom is -0.481 e. The van der Waals surface area contributed by atoms with E-state index >= 15 is 0 Å². The number of benzene rings is 4. The van der Waals surface area contributed by atoms with Crippen molar-refractivity contribution >= 4 is 17.8 Å². The number of amides is 2. The van der Waals surface area contributed by atoms with E-state index in [0.29, 0.717) is 35.2 Å². The Morgan fingerprint density at radius 2 is 1.34 bits per heavy atom. The average molecular weight is 549 g/mol. The van der Waals surface area contributed by atoms with Gasteiger partial charge in [0.1, 0.15) is 0 Å². The molecule has 210 valence electrons. The summed E-state index contributed by atoms with van der Waals surface area (Å²) < 4.78 is 0. The largest absolute Gasteiger partial charge is 0.481 e. The van der Waals surface area contributed by atoms with Gasteiger partial charge in [0.25, 0.3) is 11.8 Å². The maximum atomic E-state index is 14.0. The summed E-state index contributed by atoms with van der Waals surface area (Å²) in [5.74, 6) is -1.46. The standard InChI is InChI=1S/C35H36N2O4/c1-24-16-18-28(19-17-24)26(3)36-34(40)31-14-8-6-12-29(31)30-13-7-9-15-32(30)35(41)37(23-21-33(38)39)22-20-27-11-5-4-10-25(27)2/h4-19,26H,20-23H2,1-3H3,(H,36,40)(H,38,39)/t26-/m1/s1. The van der Waals surface area contributed by atoms with E-state index in [1.54, 1.807) is 29.2 Å². The highest BCUT2D eigenvalue weighted by Gasteiger charge is 2.23. The van der Waals surface area contributed by atoms with E-state index in [9.17, 15) is 19.5 Å². The van der Waals surface area contributed by atoms with Gasteiger partial charge in [-0.2, -0.15) is 0 Å². The van der Waals surface area contributed by atoms with Gasteiger partial charge in [0.05, 0.1) is 12.5 Å². The van der Waals surface area contributed by atoms with Crippen molar-refractivity contribution in [2.75, 3.05) is 13.1 Å². The molecule has 6 heteroatoms. The maximum absolute atomic E-state index is 14.0. The van der Waals surface area contributed by atoms with Gasteiger partial charge in [-0.3, -0.25) is 14.4 Å². The minimum absolute atomic E-state index is 0.0879. The first-order valence-electron chi connectivity index (χ1n) is 13.9. The molecule has 41 heavy (non-hydrogen) atoms. The third-order valence-electron chi connectivity index (χ3n) is 7.34. The second-order valence-corrected chi connectivity index (χ2v) is 10.3. The van der Waals surface area contributed by atoms with Crippen LogP contribution in [0.4, 0.5) is 0 Å². The summed E-state index contributed by atoms with van der Waals surface area (Å²) in [7, 11) is 0. The third-order valence-corrected chi connectivity index (χ3v) is 7.34. The smallest absolute Gasteiger partial charge is 0.305 e. The predicted octanol–water partition coefficient (Wildman–Crippen LogP) is 6.62. The molecule has 0 saturated carbocycles. The van der Waals surface area contributed by atoms with E-state index in [2.05, 4.69) is 5.32 Å². The third kappa shape index (κ3) is 7.48. The number of rotatable bonds is 11. The fraction of sp³-hybridized carbons (Fsp3) is 0.229. The molecule has 0 saturated heterocycles. The molecule has 0 aromatic heterocycles. The molecule has 0 fully saturated rings. The number of hydrogen-bond acceptors (Lipinski definition) is 3. The zero-order valence-electron chi connectivity index (χ0n) is 23.8. The average Bonchev–Trinajstić information content (AvgIpc) is 2.98. The number of nitrogens with one attached hydrogen (secondary N) is 1. The van der Waals surface area contributed by atoms with Crippen molar-refractivity contribution in [1.29, 1.82) is 0 Å². The molecule has 0 bridgehead atoms. The topological polar surface area (TPSA) is 86.7 Å². The van der Waals surface area contributed by atoms with Gasteiger partial charge in [-0.25, -0.2) is 0 Å². The van der Waals surface area contributed by atoms with Crippen LogP contribution in [0.25, 0.3) is 11.1 Å². The molecule has 0 aliphatic heterocycles. The van der Waals surface area contributed by atoms with Gasteiger partial charge in [0.15, 0.2) is 0 Å². The van der Waals surface area contributed by atoms with Gasteiger partial charge in [-0.15, -0.1) is 0 Å². The van der Waals surface area contributed by atoms with E-state index in [4.69, 9.17) is 0 Å². The van der Waals surface area contributed by atoms with E-state index in [1.807, 2.05) is 93.6 Å². The fourth-order valence-corrected chi connectivity index (χ4v) is 4.90. The van der Waals surface area contributed by atoms with Gasteiger partial charge < -0.3 is 15.3 Å². The number of carboxylic acid groups (broad SMARTS) is 1. The lowest BCUT2D eigenvalue weighted by atomic mass is 9.94. The van der Waals surface area contributed by atoms with E-state index in [-0.39, 0.29) is 30.8 Å². The van der Waals surface area contributed by atoms with Crippen LogP contribution in [0.1, 0.15) is 62.4 Å². The molecule has 4 aromatic carbocycles. The fourth-order valence-electron chi connectivity index (χ4n) is 4.90. The highest BCUT2D eigenvalue weighted by atomic mass is 16.4. The van der Waals surface area contributed by atoms with Crippen LogP contribution in [0.5, 0.6) is 0 Å². The quantitative estimate of drug-likeness (QED) is 0.221. The first-order valence-corrected chi connectivity index (χ1v) is 13.9. The number of hydrogen-bond donors (Lipinski definition) is 2. The van der Waals surface area contributed by atoms with Crippen molar-refractivity contribution in [2.24, 2.45) is 0 Å². The zero-order chi connectivity index (χ0) is 29.4. The first kappa shape index (κ1) is 29.3. The van der Waals surface area contributed by atoms with Gasteiger partial charge in [0, 0.05) is 24.2 Å². The van der Waals surface area contributed by atoms with Crippen LogP contribution in [-0.2, 0) is 11.2 Å². The number of carbonyl (C=O) groups excluding carboxylic acids is 2. The van der Waals surface area contributed by atoms with Gasteiger partial charge in [-0.1, -0.05) is 90.5 Å². The number of nitrogens with zero attached hydrogens (tertiary/aromatic N) is 1. The molecule has 0 unspecified atom stereocenters. The Hall–Kier alpha value is -4.71. The SMILES string of the molecule is Cc1ccc([C@@H](C)NC(=O)c2ccccc2-c2ccccc2C(=O)N(CCC(=O)O)CCc2ccccc2C)cc1. The van der Waals surface area contributed by atoms with Crippen molar-refractivity contribution < 1.29 is 19.5 Å². The maximum Gasteiger partial charge on any atom is 0.305 e. The Balaban J connectivity index is 1.63. The molecule has 0 radical (unpaired) electrons. The van der Waals surface area contributed by atoms with Crippen molar-refractivity contribution in [3.05, 3.63) is 130 Å². The molecule has 4 rings (SSSR count). The van der Waals surface area contributed by atoms with Gasteiger partial charge in [0.2, 0.25) is 0 Å². The lowest BCUT2D eigenvalue weighted by Gasteiger charge is -2.24. The van der Waals surface area contributed by atoms with E-state index < -0.39 is 5.97 Å². The second kappa shape index (κ2) is 13.6. The monoisotopic (exact) mass is 548 g/mol. The molecule has 0 spiro atoms. The van der Waals surface area contributed by atoms with E-state index in [0.717, 1.165) is 22.3 Å². The minimum atomic E-state index is -0.961. The second-order valence-electron chi connectivity index (χ2n) is 10.3. The number of aryl methyl sites for hydroxylation is 2. The normalized spacial score (nSPS) is 11.5. The summed E-state index contributed by atoms with van der Waals surface area (Å²) in [6.45, 7) is 6.45. The number of carboxylic acids is 1. The van der Waals surface area contributed by atoms with Crippen LogP contribution >= 0.6 is 0 Å². The van der Waals surface area contributed by atoms with Crippen LogP contribution in [0.3, 0.4) is 0 Å². The van der Waals surface area contributed by atoms with Crippen LogP contribution in [0.15, 0.2) is 97.1 Å². The molecule has 2 amide bonds. The van der Waals surface area contributed by atoms with Crippen LogP contribution < -0.4 is 5.32 Å². The Morgan fingerprint density at radius 3 is 2.00 bits per heavy atom. The number of carbonyl (C=O) groups is 3. The Kier molecular flexibility index (Phi) is 9.69. The lowest BCUT2D eigenvalue weighted by molar-refractivity contribution is -0.137. The molecule has 0 aliphatic rings. The summed E-state index contributed by atoms with van der Waals surface area (Å²) in [5, 5.41) is 12.5. The molecular weight excluding hydrogens is 512 g/mol. The molecule has 0 heterocycles. The van der Waals surface area contributed by atoms with Crippen LogP contribution in [0.2, 0.25) is 0 Å². The molecule has 6 nitrogen and oxygen atoms in total. The highest BCUT2D eigenvalue weighted by molar-refractivity contribution is 6.06. The molecule has 1 atom stereocenters. The zero-order valence-corrected chi connectivity index (χ0v) is 23.8.